The third kappa shape index (κ3) is 5.19. The van der Waals surface area contributed by atoms with Crippen LogP contribution in [0.4, 0.5) is 4.39 Å². The van der Waals surface area contributed by atoms with Crippen LogP contribution in [0.3, 0.4) is 0 Å². The Bertz CT molecular complexity index is 1050. The number of sulfonamides is 1. The van der Waals surface area contributed by atoms with Crippen LogP contribution in [-0.2, 0) is 14.8 Å². The first-order valence-corrected chi connectivity index (χ1v) is 13.1. The first-order valence-electron chi connectivity index (χ1n) is 10.7. The highest BCUT2D eigenvalue weighted by Crippen LogP contribution is 2.24. The quantitative estimate of drug-likeness (QED) is 0.715. The van der Waals surface area contributed by atoms with Crippen molar-refractivity contribution >= 4 is 33.2 Å². The summed E-state index contributed by atoms with van der Waals surface area (Å²) < 4.78 is 41.0. The van der Waals surface area contributed by atoms with Gasteiger partial charge in [-0.2, -0.15) is 0 Å². The topological polar surface area (TPSA) is 86.8 Å². The van der Waals surface area contributed by atoms with Gasteiger partial charge in [-0.25, -0.2) is 17.5 Å². The molecule has 3 heterocycles. The van der Waals surface area contributed by atoms with Crippen molar-refractivity contribution in [2.75, 3.05) is 26.2 Å². The summed E-state index contributed by atoms with van der Waals surface area (Å²) in [6.07, 6.45) is 2.57. The van der Waals surface area contributed by atoms with Crippen molar-refractivity contribution in [1.82, 2.24) is 14.5 Å². The van der Waals surface area contributed by atoms with E-state index in [0.717, 1.165) is 12.8 Å². The van der Waals surface area contributed by atoms with E-state index in [-0.39, 0.29) is 23.8 Å². The van der Waals surface area contributed by atoms with E-state index in [4.69, 9.17) is 0 Å². The highest BCUT2D eigenvalue weighted by Gasteiger charge is 2.34. The number of halogens is 1. The Labute approximate surface area is 191 Å². The average molecular weight is 480 g/mol. The number of carbonyl (C=O) groups is 2. The van der Waals surface area contributed by atoms with Gasteiger partial charge >= 0.3 is 0 Å². The molecule has 2 saturated heterocycles. The third-order valence-corrected chi connectivity index (χ3v) is 8.96. The highest BCUT2D eigenvalue weighted by molar-refractivity contribution is 7.91. The van der Waals surface area contributed by atoms with Gasteiger partial charge in [0.1, 0.15) is 10.0 Å². The summed E-state index contributed by atoms with van der Waals surface area (Å²) in [5.41, 5.74) is 0.415. The summed E-state index contributed by atoms with van der Waals surface area (Å²) in [5.74, 6) is -0.841. The number of likely N-dealkylation sites (tertiary alicyclic amines) is 2. The maximum absolute atomic E-state index is 13.1. The third-order valence-electron chi connectivity index (χ3n) is 6.04. The summed E-state index contributed by atoms with van der Waals surface area (Å²) >= 11 is 1.18. The minimum Gasteiger partial charge on any atom is -0.342 e. The summed E-state index contributed by atoms with van der Waals surface area (Å²) in [6.45, 7) is 1.89. The molecule has 172 valence electrons. The molecule has 1 aromatic heterocycles. The maximum atomic E-state index is 13.1. The van der Waals surface area contributed by atoms with Gasteiger partial charge in [0, 0.05) is 37.8 Å². The van der Waals surface area contributed by atoms with Crippen LogP contribution in [0.2, 0.25) is 0 Å². The molecule has 7 nitrogen and oxygen atoms in total. The molecule has 2 aromatic rings. The van der Waals surface area contributed by atoms with Crippen LogP contribution in [0.15, 0.2) is 46.0 Å². The average Bonchev–Trinajstić information content (AvgIpc) is 3.35. The molecule has 1 unspecified atom stereocenters. The van der Waals surface area contributed by atoms with Crippen molar-refractivity contribution in [3.63, 3.8) is 0 Å². The summed E-state index contributed by atoms with van der Waals surface area (Å²) in [6, 6.07) is 8.53. The normalized spacial score (nSPS) is 20.3. The monoisotopic (exact) mass is 479 g/mol. The minimum absolute atomic E-state index is 0.0150. The molecule has 4 rings (SSSR count). The second-order valence-electron chi connectivity index (χ2n) is 8.25. The molecule has 2 fully saturated rings. The Hall–Kier alpha value is -2.30. The highest BCUT2D eigenvalue weighted by atomic mass is 32.2. The van der Waals surface area contributed by atoms with E-state index < -0.39 is 15.8 Å². The number of amides is 2. The van der Waals surface area contributed by atoms with Crippen molar-refractivity contribution in [1.29, 1.82) is 0 Å². The van der Waals surface area contributed by atoms with Gasteiger partial charge in [0.15, 0.2) is 0 Å². The largest absolute Gasteiger partial charge is 0.342 e. The Morgan fingerprint density at radius 3 is 2.38 bits per heavy atom. The molecular weight excluding hydrogens is 453 g/mol. The first-order chi connectivity index (χ1) is 15.3. The van der Waals surface area contributed by atoms with Gasteiger partial charge in [-0.15, -0.1) is 11.3 Å². The summed E-state index contributed by atoms with van der Waals surface area (Å²) in [7, 11) is -3.52. The Balaban J connectivity index is 1.31. The zero-order chi connectivity index (χ0) is 22.7. The number of thiophene rings is 1. The fourth-order valence-corrected chi connectivity index (χ4v) is 6.62. The van der Waals surface area contributed by atoms with E-state index >= 15 is 0 Å². The Kier molecular flexibility index (Phi) is 6.92. The van der Waals surface area contributed by atoms with Crippen molar-refractivity contribution in [2.45, 2.75) is 35.9 Å². The summed E-state index contributed by atoms with van der Waals surface area (Å²) in [5, 5.41) is 1.73. The molecule has 1 atom stereocenters. The fourth-order valence-electron chi connectivity index (χ4n) is 4.31. The zero-order valence-electron chi connectivity index (χ0n) is 17.6. The van der Waals surface area contributed by atoms with Gasteiger partial charge in [-0.3, -0.25) is 9.59 Å². The lowest BCUT2D eigenvalue weighted by Gasteiger charge is -2.38. The van der Waals surface area contributed by atoms with Crippen molar-refractivity contribution < 1.29 is 22.4 Å². The van der Waals surface area contributed by atoms with Crippen LogP contribution >= 0.6 is 11.3 Å². The van der Waals surface area contributed by atoms with Crippen LogP contribution in [0, 0.1) is 11.7 Å². The Morgan fingerprint density at radius 1 is 1.00 bits per heavy atom. The molecule has 2 aliphatic heterocycles. The lowest BCUT2D eigenvalue weighted by atomic mass is 9.94. The molecule has 10 heteroatoms. The molecule has 1 aromatic carbocycles. The number of nitrogens with one attached hydrogen (secondary N) is 1. The number of rotatable bonds is 5. The van der Waals surface area contributed by atoms with E-state index in [9.17, 15) is 22.4 Å². The lowest BCUT2D eigenvalue weighted by Crippen LogP contribution is -2.51. The van der Waals surface area contributed by atoms with E-state index in [1.165, 1.54) is 35.6 Å². The van der Waals surface area contributed by atoms with Gasteiger partial charge in [-0.1, -0.05) is 6.07 Å². The summed E-state index contributed by atoms with van der Waals surface area (Å²) in [4.78, 5) is 29.3. The van der Waals surface area contributed by atoms with Crippen molar-refractivity contribution in [3.8, 4) is 0 Å². The van der Waals surface area contributed by atoms with Crippen LogP contribution < -0.4 is 4.72 Å². The van der Waals surface area contributed by atoms with E-state index in [1.807, 2.05) is 0 Å². The maximum Gasteiger partial charge on any atom is 0.253 e. The number of nitrogens with zero attached hydrogens (tertiary/aromatic N) is 2. The molecule has 32 heavy (non-hydrogen) atoms. The fraction of sp³-hybridized carbons (Fsp3) is 0.455. The molecule has 0 spiro atoms. The standard InChI is InChI=1S/C22H26FN3O4S2/c23-18-7-5-16(6-8-18)21(27)26-11-1-3-17(15-26)22(28)25-12-9-19(10-13-25)24-32(29,30)20-4-2-14-31-20/h2,4-8,14,17,19,24H,1,3,9-13,15H2. The number of hydrogen-bond donors (Lipinski definition) is 1. The molecule has 1 N–H and O–H groups in total. The second kappa shape index (κ2) is 9.68. The molecule has 0 saturated carbocycles. The van der Waals surface area contributed by atoms with Gasteiger partial charge in [0.25, 0.3) is 5.91 Å². The van der Waals surface area contributed by atoms with Gasteiger partial charge < -0.3 is 9.80 Å². The Morgan fingerprint density at radius 2 is 1.72 bits per heavy atom. The van der Waals surface area contributed by atoms with Gasteiger partial charge in [-0.05, 0) is 61.4 Å². The number of hydrogen-bond acceptors (Lipinski definition) is 5. The van der Waals surface area contributed by atoms with Crippen molar-refractivity contribution in [2.24, 2.45) is 5.92 Å². The van der Waals surface area contributed by atoms with Crippen LogP contribution in [0.5, 0.6) is 0 Å². The molecule has 0 aliphatic carbocycles. The molecular formula is C22H26FN3O4S2. The van der Waals surface area contributed by atoms with Crippen LogP contribution in [0.1, 0.15) is 36.0 Å². The SMILES string of the molecule is O=C(c1ccc(F)cc1)N1CCCC(C(=O)N2CCC(NS(=O)(=O)c3cccs3)CC2)C1. The zero-order valence-corrected chi connectivity index (χ0v) is 19.2. The van der Waals surface area contributed by atoms with Gasteiger partial charge in [0.05, 0.1) is 5.92 Å². The van der Waals surface area contributed by atoms with E-state index in [0.29, 0.717) is 48.8 Å². The predicted molar refractivity (Wildman–Crippen MR) is 119 cm³/mol. The van der Waals surface area contributed by atoms with E-state index in [2.05, 4.69) is 4.72 Å². The predicted octanol–water partition coefficient (Wildman–Crippen LogP) is 2.71. The van der Waals surface area contributed by atoms with Crippen LogP contribution in [0.25, 0.3) is 0 Å². The number of benzene rings is 1. The second-order valence-corrected chi connectivity index (χ2v) is 11.1. The molecule has 0 radical (unpaired) electrons. The van der Waals surface area contributed by atoms with Crippen molar-refractivity contribution in [3.05, 3.63) is 53.2 Å². The number of piperidine rings is 2. The first kappa shape index (κ1) is 22.9. The number of carbonyl (C=O) groups excluding carboxylic acids is 2. The smallest absolute Gasteiger partial charge is 0.253 e. The van der Waals surface area contributed by atoms with Crippen LogP contribution in [-0.4, -0.2) is 62.3 Å². The molecule has 0 bridgehead atoms. The molecule has 2 aliphatic rings. The lowest BCUT2D eigenvalue weighted by molar-refractivity contribution is -0.138. The molecule has 2 amide bonds. The van der Waals surface area contributed by atoms with E-state index in [1.54, 1.807) is 27.3 Å². The minimum atomic E-state index is -3.52. The van der Waals surface area contributed by atoms with Gasteiger partial charge in [0.2, 0.25) is 15.9 Å².